The van der Waals surface area contributed by atoms with Crippen molar-refractivity contribution in [1.29, 1.82) is 0 Å². The summed E-state index contributed by atoms with van der Waals surface area (Å²) in [5, 5.41) is 4.08. The molecule has 0 saturated carbocycles. The van der Waals surface area contributed by atoms with E-state index in [-0.39, 0.29) is 11.9 Å². The van der Waals surface area contributed by atoms with Crippen LogP contribution in [0.3, 0.4) is 0 Å². The number of piperidine rings is 1. The minimum absolute atomic E-state index is 0.0262. The molecule has 0 spiro atoms. The van der Waals surface area contributed by atoms with Crippen LogP contribution in [0.4, 0.5) is 0 Å². The van der Waals surface area contributed by atoms with Crippen LogP contribution in [-0.2, 0) is 6.42 Å². The number of hydrogen-bond acceptors (Lipinski definition) is 4. The fourth-order valence-electron chi connectivity index (χ4n) is 2.96. The summed E-state index contributed by atoms with van der Waals surface area (Å²) in [6.07, 6.45) is 4.82. The van der Waals surface area contributed by atoms with Gasteiger partial charge in [0.15, 0.2) is 0 Å². The maximum absolute atomic E-state index is 12.2. The Morgan fingerprint density at radius 3 is 2.70 bits per heavy atom. The fraction of sp³-hybridized carbons (Fsp3) is 0.444. The van der Waals surface area contributed by atoms with Crippen molar-refractivity contribution in [2.75, 3.05) is 19.6 Å². The van der Waals surface area contributed by atoms with E-state index in [4.69, 9.17) is 0 Å². The van der Waals surface area contributed by atoms with Crippen molar-refractivity contribution in [2.24, 2.45) is 0 Å². The van der Waals surface area contributed by atoms with Gasteiger partial charge in [-0.25, -0.2) is 4.98 Å². The second-order valence-electron chi connectivity index (χ2n) is 6.07. The van der Waals surface area contributed by atoms with Crippen LogP contribution in [0.2, 0.25) is 0 Å². The van der Waals surface area contributed by atoms with Gasteiger partial charge < -0.3 is 10.2 Å². The summed E-state index contributed by atoms with van der Waals surface area (Å²) in [7, 11) is 0. The second kappa shape index (κ2) is 7.70. The average molecular weight is 329 g/mol. The number of aryl methyl sites for hydroxylation is 1. The highest BCUT2D eigenvalue weighted by Crippen LogP contribution is 2.15. The Hall–Kier alpha value is -1.72. The lowest BCUT2D eigenvalue weighted by molar-refractivity contribution is 0.0915. The van der Waals surface area contributed by atoms with Gasteiger partial charge in [-0.05, 0) is 31.7 Å². The number of carbonyl (C=O) groups is 1. The number of benzene rings is 1. The van der Waals surface area contributed by atoms with Crippen molar-refractivity contribution in [3.8, 4) is 0 Å². The third-order valence-corrected chi connectivity index (χ3v) is 5.24. The van der Waals surface area contributed by atoms with Crippen LogP contribution in [0.5, 0.6) is 0 Å². The Morgan fingerprint density at radius 1 is 1.30 bits per heavy atom. The number of thiazole rings is 1. The highest BCUT2D eigenvalue weighted by Gasteiger charge is 2.21. The molecule has 0 unspecified atom stereocenters. The molecule has 3 rings (SSSR count). The standard InChI is InChI=1S/C18H23N3OS/c1-14-19-13-17(23-14)18(22)20-16-8-11-21(12-9-16)10-7-15-5-3-2-4-6-15/h2-6,13,16H,7-12H2,1H3,(H,20,22). The van der Waals surface area contributed by atoms with Crippen LogP contribution in [0.15, 0.2) is 36.5 Å². The van der Waals surface area contributed by atoms with E-state index in [2.05, 4.69) is 45.5 Å². The number of aromatic nitrogens is 1. The molecule has 1 amide bonds. The van der Waals surface area contributed by atoms with Gasteiger partial charge in [-0.1, -0.05) is 30.3 Å². The summed E-state index contributed by atoms with van der Waals surface area (Å²) < 4.78 is 0. The first-order chi connectivity index (χ1) is 11.2. The molecule has 1 aromatic carbocycles. The van der Waals surface area contributed by atoms with E-state index in [1.54, 1.807) is 6.20 Å². The quantitative estimate of drug-likeness (QED) is 0.917. The molecule has 122 valence electrons. The van der Waals surface area contributed by atoms with Gasteiger partial charge in [0.1, 0.15) is 4.88 Å². The lowest BCUT2D eigenvalue weighted by Crippen LogP contribution is -2.45. The van der Waals surface area contributed by atoms with Gasteiger partial charge in [0.2, 0.25) is 0 Å². The molecule has 1 N–H and O–H groups in total. The molecule has 5 heteroatoms. The minimum Gasteiger partial charge on any atom is -0.348 e. The van der Waals surface area contributed by atoms with E-state index in [9.17, 15) is 4.79 Å². The number of hydrogen-bond donors (Lipinski definition) is 1. The molecule has 1 aromatic heterocycles. The predicted molar refractivity (Wildman–Crippen MR) is 93.9 cm³/mol. The Bertz CT molecular complexity index is 633. The van der Waals surface area contributed by atoms with E-state index in [0.717, 1.165) is 43.9 Å². The van der Waals surface area contributed by atoms with E-state index in [1.165, 1.54) is 16.9 Å². The molecule has 1 aliphatic heterocycles. The average Bonchev–Trinajstić information content (AvgIpc) is 3.02. The largest absolute Gasteiger partial charge is 0.348 e. The van der Waals surface area contributed by atoms with Crippen LogP contribution < -0.4 is 5.32 Å². The van der Waals surface area contributed by atoms with Gasteiger partial charge in [0.25, 0.3) is 5.91 Å². The van der Waals surface area contributed by atoms with Gasteiger partial charge in [0.05, 0.1) is 11.2 Å². The van der Waals surface area contributed by atoms with Crippen molar-refractivity contribution in [2.45, 2.75) is 32.2 Å². The topological polar surface area (TPSA) is 45.2 Å². The van der Waals surface area contributed by atoms with E-state index < -0.39 is 0 Å². The summed E-state index contributed by atoms with van der Waals surface area (Å²) in [6, 6.07) is 10.9. The maximum atomic E-state index is 12.2. The summed E-state index contributed by atoms with van der Waals surface area (Å²) in [4.78, 5) is 19.5. The molecule has 4 nitrogen and oxygen atoms in total. The third-order valence-electron chi connectivity index (χ3n) is 4.33. The van der Waals surface area contributed by atoms with Crippen LogP contribution in [-0.4, -0.2) is 41.5 Å². The molecule has 2 heterocycles. The number of amides is 1. The van der Waals surface area contributed by atoms with Gasteiger partial charge in [-0.3, -0.25) is 4.79 Å². The van der Waals surface area contributed by atoms with E-state index in [0.29, 0.717) is 4.88 Å². The fourth-order valence-corrected chi connectivity index (χ4v) is 3.64. The lowest BCUT2D eigenvalue weighted by atomic mass is 10.0. The van der Waals surface area contributed by atoms with Gasteiger partial charge in [-0.2, -0.15) is 0 Å². The Balaban J connectivity index is 1.41. The summed E-state index contributed by atoms with van der Waals surface area (Å²) in [5.41, 5.74) is 1.39. The first-order valence-electron chi connectivity index (χ1n) is 8.20. The van der Waals surface area contributed by atoms with Crippen LogP contribution in [0.1, 0.15) is 33.1 Å². The Kier molecular flexibility index (Phi) is 5.41. The molecule has 0 radical (unpaired) electrons. The molecule has 0 aliphatic carbocycles. The predicted octanol–water partition coefficient (Wildman–Crippen LogP) is 2.89. The summed E-state index contributed by atoms with van der Waals surface area (Å²) in [6.45, 7) is 5.13. The monoisotopic (exact) mass is 329 g/mol. The highest BCUT2D eigenvalue weighted by atomic mass is 32.1. The molecule has 0 atom stereocenters. The number of nitrogens with one attached hydrogen (secondary N) is 1. The lowest BCUT2D eigenvalue weighted by Gasteiger charge is -2.32. The molecule has 0 bridgehead atoms. The molecule has 2 aromatic rings. The van der Waals surface area contributed by atoms with Gasteiger partial charge >= 0.3 is 0 Å². The normalized spacial score (nSPS) is 16.4. The maximum Gasteiger partial charge on any atom is 0.263 e. The zero-order valence-corrected chi connectivity index (χ0v) is 14.3. The van der Waals surface area contributed by atoms with Crippen LogP contribution >= 0.6 is 11.3 Å². The zero-order valence-electron chi connectivity index (χ0n) is 13.5. The highest BCUT2D eigenvalue weighted by molar-refractivity contribution is 7.13. The molecule has 23 heavy (non-hydrogen) atoms. The van der Waals surface area contributed by atoms with E-state index in [1.807, 2.05) is 6.92 Å². The molecular formula is C18H23N3OS. The second-order valence-corrected chi connectivity index (χ2v) is 7.30. The summed E-state index contributed by atoms with van der Waals surface area (Å²) in [5.74, 6) is 0.0262. The Morgan fingerprint density at radius 2 is 2.04 bits per heavy atom. The van der Waals surface area contributed by atoms with Gasteiger partial charge in [0, 0.05) is 25.7 Å². The Labute approximate surface area is 141 Å². The van der Waals surface area contributed by atoms with Crippen molar-refractivity contribution in [3.63, 3.8) is 0 Å². The van der Waals surface area contributed by atoms with Crippen LogP contribution in [0, 0.1) is 6.92 Å². The van der Waals surface area contributed by atoms with Crippen molar-refractivity contribution in [3.05, 3.63) is 52.0 Å². The minimum atomic E-state index is 0.0262. The third kappa shape index (κ3) is 4.62. The summed E-state index contributed by atoms with van der Waals surface area (Å²) >= 11 is 1.46. The van der Waals surface area contributed by atoms with Crippen molar-refractivity contribution < 1.29 is 4.79 Å². The first kappa shape index (κ1) is 16.1. The smallest absolute Gasteiger partial charge is 0.263 e. The van der Waals surface area contributed by atoms with Crippen LogP contribution in [0.25, 0.3) is 0 Å². The molecule has 1 aliphatic rings. The number of carbonyl (C=O) groups excluding carboxylic acids is 1. The van der Waals surface area contributed by atoms with Gasteiger partial charge in [-0.15, -0.1) is 11.3 Å². The SMILES string of the molecule is Cc1ncc(C(=O)NC2CCN(CCc3ccccc3)CC2)s1. The molecular weight excluding hydrogens is 306 g/mol. The molecule has 1 saturated heterocycles. The number of likely N-dealkylation sites (tertiary alicyclic amines) is 1. The number of nitrogens with zero attached hydrogens (tertiary/aromatic N) is 2. The van der Waals surface area contributed by atoms with Crippen molar-refractivity contribution in [1.82, 2.24) is 15.2 Å². The van der Waals surface area contributed by atoms with E-state index >= 15 is 0 Å². The molecule has 1 fully saturated rings. The zero-order chi connectivity index (χ0) is 16.1. The first-order valence-corrected chi connectivity index (χ1v) is 9.02. The number of rotatable bonds is 5. The van der Waals surface area contributed by atoms with Crippen molar-refractivity contribution >= 4 is 17.2 Å².